The minimum absolute atomic E-state index is 0.249. The molecule has 0 saturated heterocycles. The van der Waals surface area contributed by atoms with Crippen LogP contribution in [0.5, 0.6) is 0 Å². The highest BCUT2D eigenvalue weighted by atomic mass is 35.5. The molecule has 0 bridgehead atoms. The molecule has 0 saturated carbocycles. The molecular weight excluding hydrogens is 281 g/mol. The molecule has 0 spiro atoms. The van der Waals surface area contributed by atoms with E-state index in [1.807, 2.05) is 4.57 Å². The summed E-state index contributed by atoms with van der Waals surface area (Å²) in [6.07, 6.45) is 2.15. The van der Waals surface area contributed by atoms with Crippen molar-refractivity contribution in [2.45, 2.75) is 19.9 Å². The molecule has 0 N–H and O–H groups in total. The van der Waals surface area contributed by atoms with Gasteiger partial charge < -0.3 is 9.09 Å². The van der Waals surface area contributed by atoms with Crippen LogP contribution in [0, 0.1) is 12.7 Å². The number of nitrogens with zero attached hydrogens (tertiary/aromatic N) is 3. The van der Waals surface area contributed by atoms with Crippen LogP contribution in [0.4, 0.5) is 4.39 Å². The monoisotopic (exact) mass is 293 g/mol. The Hall–Kier alpha value is -1.88. The van der Waals surface area contributed by atoms with Crippen LogP contribution in [-0.4, -0.2) is 20.6 Å². The van der Waals surface area contributed by atoms with Gasteiger partial charge in [-0.25, -0.2) is 9.37 Å². The van der Waals surface area contributed by atoms with E-state index in [0.29, 0.717) is 29.9 Å². The summed E-state index contributed by atoms with van der Waals surface area (Å²) in [4.78, 5) is 4.47. The second kappa shape index (κ2) is 5.25. The Bertz CT molecular complexity index is 737. The molecule has 1 aromatic carbocycles. The number of aromatic nitrogens is 3. The van der Waals surface area contributed by atoms with Gasteiger partial charge in [-0.2, -0.15) is 0 Å². The van der Waals surface area contributed by atoms with Crippen molar-refractivity contribution in [2.24, 2.45) is 0 Å². The fraction of sp³-hybridized carbons (Fsp3) is 0.286. The second-order valence-electron chi connectivity index (χ2n) is 4.63. The molecule has 104 valence electrons. The normalized spacial score (nSPS) is 11.3. The van der Waals surface area contributed by atoms with Gasteiger partial charge in [0, 0.05) is 24.4 Å². The average molecular weight is 294 g/mol. The number of hydrogen-bond acceptors (Lipinski definition) is 3. The number of alkyl halides is 1. The standard InChI is InChI=1S/C14H13ClFN3O/c1-9-6-13-12(7-11(9)16)17-14(2-4-15)19(13)8-10-3-5-20-18-10/h3,5-7H,2,4,8H2,1H3. The topological polar surface area (TPSA) is 43.9 Å². The van der Waals surface area contributed by atoms with Gasteiger partial charge in [-0.05, 0) is 18.6 Å². The smallest absolute Gasteiger partial charge is 0.128 e. The molecule has 2 aromatic heterocycles. The van der Waals surface area contributed by atoms with Crippen LogP contribution in [0.2, 0.25) is 0 Å². The predicted octanol–water partition coefficient (Wildman–Crippen LogP) is 3.30. The fourth-order valence-electron chi connectivity index (χ4n) is 2.23. The number of benzene rings is 1. The molecule has 0 radical (unpaired) electrons. The highest BCUT2D eigenvalue weighted by molar-refractivity contribution is 6.17. The van der Waals surface area contributed by atoms with Crippen molar-refractivity contribution in [1.29, 1.82) is 0 Å². The summed E-state index contributed by atoms with van der Waals surface area (Å²) in [6, 6.07) is 5.06. The zero-order valence-electron chi connectivity index (χ0n) is 10.9. The molecular formula is C14H13ClFN3O. The maximum Gasteiger partial charge on any atom is 0.128 e. The molecule has 0 aliphatic heterocycles. The molecule has 6 heteroatoms. The first-order chi connectivity index (χ1) is 9.69. The summed E-state index contributed by atoms with van der Waals surface area (Å²) < 4.78 is 20.5. The molecule has 3 aromatic rings. The molecule has 0 unspecified atom stereocenters. The van der Waals surface area contributed by atoms with Crippen LogP contribution in [0.1, 0.15) is 17.1 Å². The largest absolute Gasteiger partial charge is 0.364 e. The number of aryl methyl sites for hydroxylation is 2. The van der Waals surface area contributed by atoms with Gasteiger partial charge in [0.05, 0.1) is 17.6 Å². The van der Waals surface area contributed by atoms with E-state index in [1.165, 1.54) is 12.3 Å². The van der Waals surface area contributed by atoms with Gasteiger partial charge in [0.2, 0.25) is 0 Å². The number of hydrogen-bond donors (Lipinski definition) is 0. The lowest BCUT2D eigenvalue weighted by molar-refractivity contribution is 0.409. The molecule has 3 rings (SSSR count). The van der Waals surface area contributed by atoms with E-state index < -0.39 is 0 Å². The first kappa shape index (κ1) is 13.1. The Morgan fingerprint density at radius 2 is 2.25 bits per heavy atom. The van der Waals surface area contributed by atoms with Crippen LogP contribution in [-0.2, 0) is 13.0 Å². The molecule has 20 heavy (non-hydrogen) atoms. The van der Waals surface area contributed by atoms with E-state index in [-0.39, 0.29) is 5.82 Å². The van der Waals surface area contributed by atoms with Crippen LogP contribution in [0.25, 0.3) is 11.0 Å². The highest BCUT2D eigenvalue weighted by Crippen LogP contribution is 2.22. The summed E-state index contributed by atoms with van der Waals surface area (Å²) in [6.45, 7) is 2.27. The van der Waals surface area contributed by atoms with E-state index in [2.05, 4.69) is 10.1 Å². The van der Waals surface area contributed by atoms with Gasteiger partial charge in [0.25, 0.3) is 0 Å². The summed E-state index contributed by atoms with van der Waals surface area (Å²) in [5.74, 6) is 1.04. The summed E-state index contributed by atoms with van der Waals surface area (Å²) in [7, 11) is 0. The van der Waals surface area contributed by atoms with E-state index in [9.17, 15) is 4.39 Å². The third-order valence-electron chi connectivity index (χ3n) is 3.24. The quantitative estimate of drug-likeness (QED) is 0.693. The number of rotatable bonds is 4. The lowest BCUT2D eigenvalue weighted by Gasteiger charge is -2.06. The van der Waals surface area contributed by atoms with Gasteiger partial charge in [-0.3, -0.25) is 0 Å². The van der Waals surface area contributed by atoms with Gasteiger partial charge in [-0.15, -0.1) is 11.6 Å². The van der Waals surface area contributed by atoms with Crippen molar-refractivity contribution in [3.63, 3.8) is 0 Å². The Kier molecular flexibility index (Phi) is 3.44. The van der Waals surface area contributed by atoms with Gasteiger partial charge in [0.15, 0.2) is 0 Å². The van der Waals surface area contributed by atoms with Crippen molar-refractivity contribution in [1.82, 2.24) is 14.7 Å². The summed E-state index contributed by atoms with van der Waals surface area (Å²) >= 11 is 5.82. The molecule has 4 nitrogen and oxygen atoms in total. The Morgan fingerprint density at radius 3 is 2.95 bits per heavy atom. The first-order valence-electron chi connectivity index (χ1n) is 6.29. The van der Waals surface area contributed by atoms with Crippen molar-refractivity contribution in [3.05, 3.63) is 47.4 Å². The predicted molar refractivity (Wildman–Crippen MR) is 74.5 cm³/mol. The zero-order chi connectivity index (χ0) is 14.1. The number of halogens is 2. The molecule has 0 aliphatic carbocycles. The van der Waals surface area contributed by atoms with Crippen LogP contribution in [0.3, 0.4) is 0 Å². The Balaban J connectivity index is 2.15. The summed E-state index contributed by atoms with van der Waals surface area (Å²) in [5, 5.41) is 3.91. The van der Waals surface area contributed by atoms with Crippen molar-refractivity contribution < 1.29 is 8.91 Å². The average Bonchev–Trinajstić information content (AvgIpc) is 3.02. The van der Waals surface area contributed by atoms with Crippen molar-refractivity contribution in [3.8, 4) is 0 Å². The SMILES string of the molecule is Cc1cc2c(cc1F)nc(CCCl)n2Cc1ccon1. The van der Waals surface area contributed by atoms with Gasteiger partial charge >= 0.3 is 0 Å². The van der Waals surface area contributed by atoms with Crippen LogP contribution >= 0.6 is 11.6 Å². The zero-order valence-corrected chi connectivity index (χ0v) is 11.7. The molecule has 0 aliphatic rings. The van der Waals surface area contributed by atoms with E-state index in [4.69, 9.17) is 16.1 Å². The van der Waals surface area contributed by atoms with Crippen molar-refractivity contribution >= 4 is 22.6 Å². The van der Waals surface area contributed by atoms with E-state index >= 15 is 0 Å². The maximum atomic E-state index is 13.7. The van der Waals surface area contributed by atoms with Crippen LogP contribution in [0.15, 0.2) is 29.0 Å². The second-order valence-corrected chi connectivity index (χ2v) is 5.01. The third kappa shape index (κ3) is 2.29. The Labute approximate surface area is 120 Å². The lowest BCUT2D eigenvalue weighted by atomic mass is 10.2. The van der Waals surface area contributed by atoms with Crippen LogP contribution < -0.4 is 0 Å². The maximum absolute atomic E-state index is 13.7. The fourth-order valence-corrected chi connectivity index (χ4v) is 2.40. The molecule has 0 amide bonds. The first-order valence-corrected chi connectivity index (χ1v) is 6.83. The Morgan fingerprint density at radius 1 is 1.40 bits per heavy atom. The van der Waals surface area contributed by atoms with Crippen molar-refractivity contribution in [2.75, 3.05) is 5.88 Å². The van der Waals surface area contributed by atoms with Gasteiger partial charge in [0.1, 0.15) is 23.6 Å². The van der Waals surface area contributed by atoms with Gasteiger partial charge in [-0.1, -0.05) is 5.16 Å². The molecule has 0 atom stereocenters. The summed E-state index contributed by atoms with van der Waals surface area (Å²) in [5.41, 5.74) is 2.90. The molecule has 2 heterocycles. The van der Waals surface area contributed by atoms with E-state index in [0.717, 1.165) is 17.0 Å². The number of imidazole rings is 1. The minimum Gasteiger partial charge on any atom is -0.364 e. The van der Waals surface area contributed by atoms with E-state index in [1.54, 1.807) is 19.1 Å². The highest BCUT2D eigenvalue weighted by Gasteiger charge is 2.14. The third-order valence-corrected chi connectivity index (χ3v) is 3.43. The number of fused-ring (bicyclic) bond motifs is 1. The lowest BCUT2D eigenvalue weighted by Crippen LogP contribution is -2.06. The molecule has 0 fully saturated rings. The minimum atomic E-state index is -0.249.